The standard InChI is InChI=1S/C27H25NO5/c1-17-26-20(13-21-25(29)24(33-27(17)21)11-18-7-5-4-6-8-18)15-28(16-32-26)14-19-9-10-22(30-2)23(12-19)31-3/h4-13H,14-16H2,1-3H3/b24-11-. The molecule has 0 bridgehead atoms. The van der Waals surface area contributed by atoms with Crippen LogP contribution in [0, 0.1) is 6.92 Å². The number of fused-ring (bicyclic) bond motifs is 2. The van der Waals surface area contributed by atoms with Crippen molar-refractivity contribution in [3.8, 4) is 23.0 Å². The predicted molar refractivity (Wildman–Crippen MR) is 125 cm³/mol. The van der Waals surface area contributed by atoms with Crippen molar-refractivity contribution >= 4 is 11.9 Å². The number of Topliss-reactive ketones (excluding diaryl/α,β-unsaturated/α-hetero) is 1. The van der Waals surface area contributed by atoms with Crippen LogP contribution in [-0.2, 0) is 13.1 Å². The number of rotatable bonds is 5. The average molecular weight is 443 g/mol. The number of carbonyl (C=O) groups excluding carboxylic acids is 1. The monoisotopic (exact) mass is 443 g/mol. The first-order chi connectivity index (χ1) is 16.1. The number of carbonyl (C=O) groups is 1. The van der Waals surface area contributed by atoms with E-state index in [1.54, 1.807) is 20.3 Å². The van der Waals surface area contributed by atoms with Crippen molar-refractivity contribution < 1.29 is 23.7 Å². The van der Waals surface area contributed by atoms with E-state index < -0.39 is 0 Å². The first-order valence-corrected chi connectivity index (χ1v) is 10.8. The molecule has 2 aliphatic rings. The van der Waals surface area contributed by atoms with E-state index in [0.29, 0.717) is 48.4 Å². The Morgan fingerprint density at radius 2 is 1.79 bits per heavy atom. The molecule has 3 aromatic carbocycles. The van der Waals surface area contributed by atoms with Gasteiger partial charge in [-0.1, -0.05) is 36.4 Å². The third kappa shape index (κ3) is 3.94. The van der Waals surface area contributed by atoms with E-state index in [1.807, 2.05) is 61.5 Å². The maximum Gasteiger partial charge on any atom is 0.231 e. The molecule has 0 amide bonds. The zero-order chi connectivity index (χ0) is 22.9. The number of hydrogen-bond donors (Lipinski definition) is 0. The second-order valence-corrected chi connectivity index (χ2v) is 8.17. The fraction of sp³-hybridized carbons (Fsp3) is 0.222. The van der Waals surface area contributed by atoms with Crippen molar-refractivity contribution in [2.75, 3.05) is 21.0 Å². The van der Waals surface area contributed by atoms with E-state index in [1.165, 1.54) is 0 Å². The Morgan fingerprint density at radius 3 is 2.55 bits per heavy atom. The fourth-order valence-electron chi connectivity index (χ4n) is 4.34. The fourth-order valence-corrected chi connectivity index (χ4v) is 4.34. The summed E-state index contributed by atoms with van der Waals surface area (Å²) < 4.78 is 22.8. The summed E-state index contributed by atoms with van der Waals surface area (Å²) >= 11 is 0. The lowest BCUT2D eigenvalue weighted by Crippen LogP contribution is -2.32. The highest BCUT2D eigenvalue weighted by atomic mass is 16.5. The highest BCUT2D eigenvalue weighted by Crippen LogP contribution is 2.43. The van der Waals surface area contributed by atoms with Crippen molar-refractivity contribution in [1.29, 1.82) is 0 Å². The van der Waals surface area contributed by atoms with Gasteiger partial charge in [-0.2, -0.15) is 0 Å². The van der Waals surface area contributed by atoms with Crippen molar-refractivity contribution in [2.45, 2.75) is 20.0 Å². The Bertz CT molecular complexity index is 1250. The number of ether oxygens (including phenoxy) is 4. The molecule has 0 atom stereocenters. The van der Waals surface area contributed by atoms with Gasteiger partial charge in [-0.05, 0) is 42.3 Å². The van der Waals surface area contributed by atoms with Crippen LogP contribution >= 0.6 is 0 Å². The third-order valence-corrected chi connectivity index (χ3v) is 5.95. The summed E-state index contributed by atoms with van der Waals surface area (Å²) in [6, 6.07) is 17.5. The van der Waals surface area contributed by atoms with Crippen LogP contribution in [0.25, 0.3) is 6.08 Å². The molecule has 3 aromatic rings. The van der Waals surface area contributed by atoms with Crippen molar-refractivity contribution in [1.82, 2.24) is 4.90 Å². The highest BCUT2D eigenvalue weighted by molar-refractivity contribution is 6.15. The van der Waals surface area contributed by atoms with Crippen LogP contribution in [0.15, 0.2) is 60.4 Å². The van der Waals surface area contributed by atoms with Crippen LogP contribution < -0.4 is 18.9 Å². The summed E-state index contributed by atoms with van der Waals surface area (Å²) in [6.45, 7) is 3.74. The first kappa shape index (κ1) is 21.1. The molecule has 0 aliphatic carbocycles. The zero-order valence-electron chi connectivity index (χ0n) is 18.9. The number of benzene rings is 3. The minimum Gasteiger partial charge on any atom is -0.493 e. The Labute approximate surface area is 193 Å². The summed E-state index contributed by atoms with van der Waals surface area (Å²) in [5, 5.41) is 0. The lowest BCUT2D eigenvalue weighted by atomic mass is 10.00. The number of hydrogen-bond acceptors (Lipinski definition) is 6. The molecule has 0 unspecified atom stereocenters. The molecule has 0 saturated heterocycles. The largest absolute Gasteiger partial charge is 0.493 e. The number of methoxy groups -OCH3 is 2. The van der Waals surface area contributed by atoms with E-state index in [9.17, 15) is 4.79 Å². The molecule has 0 aromatic heterocycles. The topological polar surface area (TPSA) is 57.2 Å². The Balaban J connectivity index is 1.39. The minimum atomic E-state index is -0.100. The number of allylic oxidation sites excluding steroid dienone is 1. The second-order valence-electron chi connectivity index (χ2n) is 8.17. The predicted octanol–water partition coefficient (Wildman–Crippen LogP) is 4.98. The third-order valence-electron chi connectivity index (χ3n) is 5.95. The smallest absolute Gasteiger partial charge is 0.231 e. The summed E-state index contributed by atoms with van der Waals surface area (Å²) in [5.41, 5.74) is 4.44. The number of ketones is 1. The SMILES string of the molecule is COc1ccc(CN2COc3c(cc4c(c3C)O/C(=C\c3ccccc3)C4=O)C2)cc1OC. The Morgan fingerprint density at radius 1 is 1.00 bits per heavy atom. The first-order valence-electron chi connectivity index (χ1n) is 10.8. The van der Waals surface area contributed by atoms with E-state index in [0.717, 1.165) is 28.0 Å². The van der Waals surface area contributed by atoms with Gasteiger partial charge in [0.15, 0.2) is 17.3 Å². The summed E-state index contributed by atoms with van der Waals surface area (Å²) in [4.78, 5) is 15.2. The van der Waals surface area contributed by atoms with Gasteiger partial charge >= 0.3 is 0 Å². The molecule has 0 radical (unpaired) electrons. The Kier molecular flexibility index (Phi) is 5.52. The van der Waals surface area contributed by atoms with Crippen molar-refractivity contribution in [2.24, 2.45) is 0 Å². The molecule has 0 saturated carbocycles. The quantitative estimate of drug-likeness (QED) is 0.519. The van der Waals surface area contributed by atoms with Crippen LogP contribution in [0.3, 0.4) is 0 Å². The van der Waals surface area contributed by atoms with Gasteiger partial charge in [-0.3, -0.25) is 9.69 Å². The van der Waals surface area contributed by atoms with Crippen molar-refractivity contribution in [3.63, 3.8) is 0 Å². The Hall–Kier alpha value is -3.77. The van der Waals surface area contributed by atoms with E-state index in [-0.39, 0.29) is 5.78 Å². The molecular formula is C27H25NO5. The molecule has 33 heavy (non-hydrogen) atoms. The number of nitrogens with zero attached hydrogens (tertiary/aromatic N) is 1. The molecule has 5 rings (SSSR count). The second kappa shape index (κ2) is 8.64. The molecule has 0 fully saturated rings. The molecule has 6 heteroatoms. The molecule has 168 valence electrons. The van der Waals surface area contributed by atoms with Crippen LogP contribution in [0.5, 0.6) is 23.0 Å². The molecule has 0 N–H and O–H groups in total. The molecule has 0 spiro atoms. The van der Waals surface area contributed by atoms with E-state index >= 15 is 0 Å². The normalized spacial score (nSPS) is 16.1. The molecular weight excluding hydrogens is 418 g/mol. The van der Waals surface area contributed by atoms with Gasteiger partial charge in [0.25, 0.3) is 0 Å². The van der Waals surface area contributed by atoms with Gasteiger partial charge in [0.1, 0.15) is 18.2 Å². The van der Waals surface area contributed by atoms with Gasteiger partial charge in [0, 0.05) is 24.2 Å². The molecule has 2 heterocycles. The summed E-state index contributed by atoms with van der Waals surface area (Å²) in [7, 11) is 3.25. The van der Waals surface area contributed by atoms with E-state index in [4.69, 9.17) is 18.9 Å². The van der Waals surface area contributed by atoms with Crippen LogP contribution in [0.1, 0.15) is 32.6 Å². The lowest BCUT2D eigenvalue weighted by Gasteiger charge is -2.30. The maximum absolute atomic E-state index is 13.1. The summed E-state index contributed by atoms with van der Waals surface area (Å²) in [5.74, 6) is 3.02. The van der Waals surface area contributed by atoms with Gasteiger partial charge in [0.2, 0.25) is 5.78 Å². The maximum atomic E-state index is 13.1. The minimum absolute atomic E-state index is 0.100. The van der Waals surface area contributed by atoms with Crippen LogP contribution in [0.4, 0.5) is 0 Å². The molecule has 2 aliphatic heterocycles. The van der Waals surface area contributed by atoms with Crippen molar-refractivity contribution in [3.05, 3.63) is 88.2 Å². The van der Waals surface area contributed by atoms with Gasteiger partial charge < -0.3 is 18.9 Å². The van der Waals surface area contributed by atoms with Crippen LogP contribution in [0.2, 0.25) is 0 Å². The zero-order valence-corrected chi connectivity index (χ0v) is 18.9. The van der Waals surface area contributed by atoms with Gasteiger partial charge in [-0.15, -0.1) is 0 Å². The highest BCUT2D eigenvalue weighted by Gasteiger charge is 2.33. The molecule has 6 nitrogen and oxygen atoms in total. The van der Waals surface area contributed by atoms with Gasteiger partial charge in [0.05, 0.1) is 19.8 Å². The summed E-state index contributed by atoms with van der Waals surface area (Å²) in [6.07, 6.45) is 1.78. The lowest BCUT2D eigenvalue weighted by molar-refractivity contribution is 0.0876. The van der Waals surface area contributed by atoms with Crippen LogP contribution in [-0.4, -0.2) is 31.6 Å². The average Bonchev–Trinajstić information content (AvgIpc) is 3.15. The van der Waals surface area contributed by atoms with Gasteiger partial charge in [-0.25, -0.2) is 0 Å². The van der Waals surface area contributed by atoms with E-state index in [2.05, 4.69) is 4.90 Å².